The van der Waals surface area contributed by atoms with Crippen LogP contribution < -0.4 is 0 Å². The number of benzene rings is 3. The third-order valence-electron chi connectivity index (χ3n) is 5.28. The number of hydrogen-bond acceptors (Lipinski definition) is 0. The Morgan fingerprint density at radius 2 is 1.62 bits per heavy atom. The topological polar surface area (TPSA) is 0 Å². The first-order valence-corrected chi connectivity index (χ1v) is 10.6. The second kappa shape index (κ2) is 10.6. The van der Waals surface area contributed by atoms with Crippen LogP contribution in [-0.2, 0) is 12.8 Å². The van der Waals surface area contributed by atoms with Crippen LogP contribution in [0.25, 0.3) is 10.8 Å². The summed E-state index contributed by atoms with van der Waals surface area (Å²) in [5.74, 6) is 6.32. The molecule has 0 spiro atoms. The average molecular weight is 385 g/mol. The monoisotopic (exact) mass is 384 g/mol. The fourth-order valence-electron chi connectivity index (χ4n) is 3.52. The summed E-state index contributed by atoms with van der Waals surface area (Å²) in [7, 11) is 0. The second-order valence-corrected chi connectivity index (χ2v) is 7.56. The molecule has 29 heavy (non-hydrogen) atoms. The van der Waals surface area contributed by atoms with Crippen molar-refractivity contribution in [3.05, 3.63) is 95.3 Å². The molecule has 0 radical (unpaired) electrons. The molecule has 0 saturated heterocycles. The summed E-state index contributed by atoms with van der Waals surface area (Å²) < 4.78 is 14.7. The maximum Gasteiger partial charge on any atom is 0.134 e. The van der Waals surface area contributed by atoms with Gasteiger partial charge in [0.25, 0.3) is 0 Å². The van der Waals surface area contributed by atoms with E-state index in [9.17, 15) is 4.39 Å². The van der Waals surface area contributed by atoms with Crippen molar-refractivity contribution < 1.29 is 4.39 Å². The number of allylic oxidation sites excluding steroid dienone is 1. The smallest absolute Gasteiger partial charge is 0.134 e. The third kappa shape index (κ3) is 5.81. The van der Waals surface area contributed by atoms with Crippen LogP contribution in [0.4, 0.5) is 4.39 Å². The average Bonchev–Trinajstić information content (AvgIpc) is 2.75. The molecular weight excluding hydrogens is 355 g/mol. The Morgan fingerprint density at radius 3 is 2.38 bits per heavy atom. The Kier molecular flexibility index (Phi) is 7.65. The van der Waals surface area contributed by atoms with Gasteiger partial charge in [-0.25, -0.2) is 4.39 Å². The van der Waals surface area contributed by atoms with Gasteiger partial charge in [-0.1, -0.05) is 74.4 Å². The summed E-state index contributed by atoms with van der Waals surface area (Å²) in [6.07, 6.45) is 9.56. The van der Waals surface area contributed by atoms with Crippen molar-refractivity contribution in [2.24, 2.45) is 0 Å². The van der Waals surface area contributed by atoms with E-state index in [1.54, 1.807) is 0 Å². The van der Waals surface area contributed by atoms with Crippen LogP contribution in [0.5, 0.6) is 0 Å². The van der Waals surface area contributed by atoms with Gasteiger partial charge in [-0.05, 0) is 66.5 Å². The van der Waals surface area contributed by atoms with E-state index in [0.29, 0.717) is 11.8 Å². The molecule has 0 aliphatic heterocycles. The van der Waals surface area contributed by atoms with E-state index in [4.69, 9.17) is 0 Å². The van der Waals surface area contributed by atoms with Crippen molar-refractivity contribution in [1.82, 2.24) is 0 Å². The molecule has 1 heteroatoms. The van der Waals surface area contributed by atoms with Gasteiger partial charge in [-0.2, -0.15) is 0 Å². The van der Waals surface area contributed by atoms with Crippen LogP contribution in [0, 0.1) is 17.7 Å². The van der Waals surface area contributed by atoms with Crippen LogP contribution in [-0.4, -0.2) is 0 Å². The lowest BCUT2D eigenvalue weighted by molar-refractivity contribution is 0.621. The van der Waals surface area contributed by atoms with Crippen molar-refractivity contribution in [1.29, 1.82) is 0 Å². The Hall–Kier alpha value is -2.85. The Bertz CT molecular complexity index is 1020. The SMILES string of the molecule is C=CCCc1ccc2cc(C#Cc3ccc(CCCCCC)cc3)ccc2c1F. The molecule has 0 nitrogen and oxygen atoms in total. The van der Waals surface area contributed by atoms with E-state index in [-0.39, 0.29) is 5.82 Å². The van der Waals surface area contributed by atoms with Crippen molar-refractivity contribution in [2.45, 2.75) is 51.9 Å². The molecule has 0 N–H and O–H groups in total. The van der Waals surface area contributed by atoms with Gasteiger partial charge in [0.2, 0.25) is 0 Å². The molecule has 0 unspecified atom stereocenters. The van der Waals surface area contributed by atoms with Crippen LogP contribution in [0.3, 0.4) is 0 Å². The van der Waals surface area contributed by atoms with Gasteiger partial charge in [0, 0.05) is 16.5 Å². The molecule has 0 bridgehead atoms. The lowest BCUT2D eigenvalue weighted by atomic mass is 10.0. The number of rotatable bonds is 8. The molecule has 3 aromatic carbocycles. The fourth-order valence-corrected chi connectivity index (χ4v) is 3.52. The van der Waals surface area contributed by atoms with Crippen LogP contribution in [0.1, 0.15) is 61.3 Å². The van der Waals surface area contributed by atoms with E-state index in [0.717, 1.165) is 34.9 Å². The highest BCUT2D eigenvalue weighted by molar-refractivity contribution is 5.85. The first kappa shape index (κ1) is 20.9. The van der Waals surface area contributed by atoms with Crippen molar-refractivity contribution in [2.75, 3.05) is 0 Å². The molecule has 0 aromatic heterocycles. The summed E-state index contributed by atoms with van der Waals surface area (Å²) in [4.78, 5) is 0. The molecule has 3 rings (SSSR count). The van der Waals surface area contributed by atoms with Crippen molar-refractivity contribution in [3.8, 4) is 11.8 Å². The van der Waals surface area contributed by atoms with E-state index < -0.39 is 0 Å². The molecule has 0 aliphatic carbocycles. The lowest BCUT2D eigenvalue weighted by Gasteiger charge is -2.06. The second-order valence-electron chi connectivity index (χ2n) is 7.56. The zero-order valence-electron chi connectivity index (χ0n) is 17.3. The van der Waals surface area contributed by atoms with E-state index in [2.05, 4.69) is 49.6 Å². The third-order valence-corrected chi connectivity index (χ3v) is 5.28. The van der Waals surface area contributed by atoms with Crippen molar-refractivity contribution in [3.63, 3.8) is 0 Å². The molecule has 148 valence electrons. The largest absolute Gasteiger partial charge is 0.206 e. The number of hydrogen-bond donors (Lipinski definition) is 0. The summed E-state index contributed by atoms with van der Waals surface area (Å²) in [5.41, 5.74) is 4.03. The summed E-state index contributed by atoms with van der Waals surface area (Å²) in [6, 6.07) is 18.1. The Balaban J connectivity index is 1.70. The minimum Gasteiger partial charge on any atom is -0.206 e. The van der Waals surface area contributed by atoms with E-state index in [1.165, 1.54) is 31.2 Å². The number of halogens is 1. The summed E-state index contributed by atoms with van der Waals surface area (Å²) in [5, 5.41) is 1.55. The summed E-state index contributed by atoms with van der Waals surface area (Å²) in [6.45, 7) is 5.95. The van der Waals surface area contributed by atoms with Gasteiger partial charge in [0.15, 0.2) is 0 Å². The molecule has 3 aromatic rings. The van der Waals surface area contributed by atoms with E-state index >= 15 is 0 Å². The minimum atomic E-state index is -0.126. The minimum absolute atomic E-state index is 0.126. The molecule has 0 amide bonds. The van der Waals surface area contributed by atoms with Crippen LogP contribution in [0.15, 0.2) is 67.3 Å². The van der Waals surface area contributed by atoms with Gasteiger partial charge in [0.1, 0.15) is 5.82 Å². The maximum absolute atomic E-state index is 14.7. The highest BCUT2D eigenvalue weighted by Crippen LogP contribution is 2.23. The number of unbranched alkanes of at least 4 members (excludes halogenated alkanes) is 3. The Morgan fingerprint density at radius 1 is 0.862 bits per heavy atom. The molecule has 0 saturated carbocycles. The van der Waals surface area contributed by atoms with Gasteiger partial charge < -0.3 is 0 Å². The fraction of sp³-hybridized carbons (Fsp3) is 0.286. The highest BCUT2D eigenvalue weighted by atomic mass is 19.1. The zero-order valence-corrected chi connectivity index (χ0v) is 17.3. The van der Waals surface area contributed by atoms with Crippen LogP contribution >= 0.6 is 0 Å². The standard InChI is InChI=1S/C28H29F/c1-3-5-7-8-9-22-11-13-23(14-12-22)15-16-24-17-20-27-26(21-24)19-18-25(28(27)29)10-6-4-2/h4,11-14,17-21H,2-3,5-10H2,1H3. The normalized spacial score (nSPS) is 10.6. The van der Waals surface area contributed by atoms with Gasteiger partial charge in [0.05, 0.1) is 0 Å². The zero-order chi connectivity index (χ0) is 20.5. The van der Waals surface area contributed by atoms with Crippen LogP contribution in [0.2, 0.25) is 0 Å². The van der Waals surface area contributed by atoms with E-state index in [1.807, 2.05) is 36.4 Å². The molecular formula is C28H29F. The number of aryl methyl sites for hydroxylation is 2. The first-order valence-electron chi connectivity index (χ1n) is 10.6. The maximum atomic E-state index is 14.7. The summed E-state index contributed by atoms with van der Waals surface area (Å²) >= 11 is 0. The molecule has 0 aliphatic rings. The number of fused-ring (bicyclic) bond motifs is 1. The molecule has 0 atom stereocenters. The van der Waals surface area contributed by atoms with Gasteiger partial charge >= 0.3 is 0 Å². The predicted molar refractivity (Wildman–Crippen MR) is 123 cm³/mol. The van der Waals surface area contributed by atoms with Crippen molar-refractivity contribution >= 4 is 10.8 Å². The highest BCUT2D eigenvalue weighted by Gasteiger charge is 2.07. The Labute approximate surface area is 174 Å². The molecule has 0 fully saturated rings. The van der Waals surface area contributed by atoms with Gasteiger partial charge in [-0.15, -0.1) is 6.58 Å². The predicted octanol–water partition coefficient (Wildman–Crippen LogP) is 7.62. The molecule has 0 heterocycles. The lowest BCUT2D eigenvalue weighted by Crippen LogP contribution is -1.92. The quantitative estimate of drug-likeness (QED) is 0.213. The van der Waals surface area contributed by atoms with Gasteiger partial charge in [-0.3, -0.25) is 0 Å². The first-order chi connectivity index (χ1) is 14.2.